The Balaban J connectivity index is 2.24. The van der Waals surface area contributed by atoms with Crippen molar-refractivity contribution in [2.45, 2.75) is 4.90 Å². The zero-order chi connectivity index (χ0) is 17.5. The third kappa shape index (κ3) is 4.40. The number of benzene rings is 2. The summed E-state index contributed by atoms with van der Waals surface area (Å²) in [6, 6.07) is 12.0. The first-order valence-corrected chi connectivity index (χ1v) is 8.45. The van der Waals surface area contributed by atoms with Crippen molar-refractivity contribution in [1.29, 1.82) is 0 Å². The van der Waals surface area contributed by atoms with Crippen molar-refractivity contribution < 1.29 is 14.3 Å². The van der Waals surface area contributed by atoms with Gasteiger partial charge >= 0.3 is 5.97 Å². The molecule has 0 saturated heterocycles. The number of esters is 1. The fraction of sp³-hybridized carbons (Fsp3) is 0.111. The summed E-state index contributed by atoms with van der Waals surface area (Å²) < 4.78 is 4.68. The van der Waals surface area contributed by atoms with E-state index in [4.69, 9.17) is 11.6 Å². The quantitative estimate of drug-likeness (QED) is 0.462. The van der Waals surface area contributed by atoms with Crippen LogP contribution in [-0.4, -0.2) is 24.7 Å². The topological polar surface area (TPSA) is 55.4 Å². The highest BCUT2D eigenvalue weighted by molar-refractivity contribution is 7.99. The Hall–Kier alpha value is -2.24. The molecule has 0 spiro atoms. The summed E-state index contributed by atoms with van der Waals surface area (Å²) >= 11 is 7.51. The van der Waals surface area contributed by atoms with Crippen molar-refractivity contribution in [2.24, 2.45) is 0 Å². The lowest BCUT2D eigenvalue weighted by atomic mass is 10.1. The molecule has 1 N–H and O–H groups in total. The van der Waals surface area contributed by atoms with Crippen molar-refractivity contribution in [2.75, 3.05) is 18.2 Å². The number of hydrogen-bond donors (Lipinski definition) is 1. The lowest BCUT2D eigenvalue weighted by Gasteiger charge is -2.10. The lowest BCUT2D eigenvalue weighted by molar-refractivity contribution is 0.0600. The molecule has 2 aromatic carbocycles. The van der Waals surface area contributed by atoms with Crippen molar-refractivity contribution in [1.82, 2.24) is 0 Å². The molecular weight excluding hydrogens is 346 g/mol. The van der Waals surface area contributed by atoms with Crippen LogP contribution in [0.3, 0.4) is 0 Å². The van der Waals surface area contributed by atoms with E-state index in [0.29, 0.717) is 17.0 Å². The smallest absolute Gasteiger partial charge is 0.339 e. The third-order valence-corrected chi connectivity index (χ3v) is 4.52. The molecule has 0 atom stereocenters. The molecule has 0 bridgehead atoms. The van der Waals surface area contributed by atoms with Gasteiger partial charge in [-0.1, -0.05) is 29.8 Å². The van der Waals surface area contributed by atoms with Crippen LogP contribution in [0.4, 0.5) is 5.69 Å². The number of thioether (sulfide) groups is 1. The van der Waals surface area contributed by atoms with Gasteiger partial charge < -0.3 is 10.1 Å². The minimum atomic E-state index is -0.557. The number of carbonyl (C=O) groups excluding carboxylic acids is 2. The van der Waals surface area contributed by atoms with E-state index in [-0.39, 0.29) is 16.5 Å². The van der Waals surface area contributed by atoms with E-state index in [1.54, 1.807) is 30.3 Å². The van der Waals surface area contributed by atoms with Gasteiger partial charge in [-0.15, -0.1) is 18.3 Å². The fourth-order valence-electron chi connectivity index (χ4n) is 2.00. The van der Waals surface area contributed by atoms with Crippen LogP contribution in [-0.2, 0) is 4.74 Å². The van der Waals surface area contributed by atoms with Crippen LogP contribution in [0.25, 0.3) is 0 Å². The second-order valence-electron chi connectivity index (χ2n) is 4.74. The summed E-state index contributed by atoms with van der Waals surface area (Å²) in [5.41, 5.74) is 1.22. The van der Waals surface area contributed by atoms with Crippen LogP contribution in [0.5, 0.6) is 0 Å². The summed E-state index contributed by atoms with van der Waals surface area (Å²) in [6.07, 6.45) is 1.78. The Morgan fingerprint density at radius 2 is 2.00 bits per heavy atom. The number of anilines is 1. The fourth-order valence-corrected chi connectivity index (χ4v) is 2.98. The van der Waals surface area contributed by atoms with Gasteiger partial charge in [0.15, 0.2) is 0 Å². The standard InChI is InChI=1S/C18H16ClNO3S/c1-3-10-24-16-7-5-4-6-13(16)17(21)20-12-8-9-15(19)14(11-12)18(22)23-2/h3-9,11H,1,10H2,2H3,(H,20,21). The van der Waals surface area contributed by atoms with Gasteiger partial charge in [0.2, 0.25) is 0 Å². The van der Waals surface area contributed by atoms with Crippen molar-refractivity contribution >= 4 is 40.9 Å². The maximum Gasteiger partial charge on any atom is 0.339 e. The first kappa shape index (κ1) is 18.1. The zero-order valence-electron chi connectivity index (χ0n) is 13.0. The van der Waals surface area contributed by atoms with Crippen LogP contribution >= 0.6 is 23.4 Å². The molecule has 0 unspecified atom stereocenters. The number of carbonyl (C=O) groups is 2. The summed E-state index contributed by atoms with van der Waals surface area (Å²) in [5, 5.41) is 3.04. The predicted molar refractivity (Wildman–Crippen MR) is 98.1 cm³/mol. The molecule has 0 radical (unpaired) electrons. The van der Waals surface area contributed by atoms with E-state index < -0.39 is 5.97 Å². The summed E-state index contributed by atoms with van der Waals surface area (Å²) in [7, 11) is 1.27. The van der Waals surface area contributed by atoms with E-state index in [9.17, 15) is 9.59 Å². The first-order chi connectivity index (χ1) is 11.6. The zero-order valence-corrected chi connectivity index (χ0v) is 14.6. The Morgan fingerprint density at radius 1 is 1.25 bits per heavy atom. The highest BCUT2D eigenvalue weighted by atomic mass is 35.5. The number of halogens is 1. The molecule has 6 heteroatoms. The van der Waals surface area contributed by atoms with Gasteiger partial charge in [-0.2, -0.15) is 0 Å². The van der Waals surface area contributed by atoms with E-state index in [1.165, 1.54) is 24.9 Å². The van der Waals surface area contributed by atoms with Gasteiger partial charge in [0, 0.05) is 16.3 Å². The van der Waals surface area contributed by atoms with Crippen LogP contribution in [0.2, 0.25) is 5.02 Å². The number of ether oxygens (including phenoxy) is 1. The molecule has 1 amide bonds. The Labute approximate surface area is 149 Å². The van der Waals surface area contributed by atoms with E-state index in [1.807, 2.05) is 12.1 Å². The third-order valence-electron chi connectivity index (χ3n) is 3.12. The molecule has 2 aromatic rings. The minimum Gasteiger partial charge on any atom is -0.465 e. The maximum absolute atomic E-state index is 12.5. The average Bonchev–Trinajstić information content (AvgIpc) is 2.61. The Kier molecular flexibility index (Phi) is 6.46. The molecule has 0 aliphatic rings. The molecule has 2 rings (SSSR count). The van der Waals surface area contributed by atoms with E-state index >= 15 is 0 Å². The molecule has 24 heavy (non-hydrogen) atoms. The van der Waals surface area contributed by atoms with Crippen LogP contribution < -0.4 is 5.32 Å². The second kappa shape index (κ2) is 8.57. The number of rotatable bonds is 6. The highest BCUT2D eigenvalue weighted by Gasteiger charge is 2.15. The number of methoxy groups -OCH3 is 1. The number of amides is 1. The predicted octanol–water partition coefficient (Wildman–Crippen LogP) is 4.66. The molecule has 0 aliphatic carbocycles. The molecule has 0 saturated carbocycles. The van der Waals surface area contributed by atoms with Gasteiger partial charge in [-0.25, -0.2) is 4.79 Å². The Bertz CT molecular complexity index is 777. The Morgan fingerprint density at radius 3 is 2.71 bits per heavy atom. The molecule has 0 fully saturated rings. The summed E-state index contributed by atoms with van der Waals surface area (Å²) in [5.74, 6) is -0.115. The van der Waals surface area contributed by atoms with Crippen LogP contribution in [0.15, 0.2) is 60.0 Å². The average molecular weight is 362 g/mol. The van der Waals surface area contributed by atoms with Crippen molar-refractivity contribution in [3.63, 3.8) is 0 Å². The largest absolute Gasteiger partial charge is 0.465 e. The maximum atomic E-state index is 12.5. The summed E-state index contributed by atoms with van der Waals surface area (Å²) in [6.45, 7) is 3.68. The monoisotopic (exact) mass is 361 g/mol. The van der Waals surface area contributed by atoms with Crippen molar-refractivity contribution in [3.05, 3.63) is 71.3 Å². The minimum absolute atomic E-state index is 0.200. The lowest BCUT2D eigenvalue weighted by Crippen LogP contribution is -2.14. The molecule has 4 nitrogen and oxygen atoms in total. The van der Waals surface area contributed by atoms with E-state index in [0.717, 1.165) is 4.90 Å². The molecular formula is C18H16ClNO3S. The van der Waals surface area contributed by atoms with Gasteiger partial charge in [-0.3, -0.25) is 4.79 Å². The molecule has 0 aromatic heterocycles. The van der Waals surface area contributed by atoms with Crippen LogP contribution in [0, 0.1) is 0 Å². The molecule has 0 heterocycles. The van der Waals surface area contributed by atoms with Gasteiger partial charge in [0.1, 0.15) is 0 Å². The second-order valence-corrected chi connectivity index (χ2v) is 6.21. The normalized spacial score (nSPS) is 10.1. The summed E-state index contributed by atoms with van der Waals surface area (Å²) in [4.78, 5) is 25.1. The SMILES string of the molecule is C=CCSc1ccccc1C(=O)Nc1ccc(Cl)c(C(=O)OC)c1. The van der Waals surface area contributed by atoms with Gasteiger partial charge in [-0.05, 0) is 30.3 Å². The molecule has 124 valence electrons. The first-order valence-electron chi connectivity index (χ1n) is 7.08. The van der Waals surface area contributed by atoms with E-state index in [2.05, 4.69) is 16.6 Å². The van der Waals surface area contributed by atoms with Gasteiger partial charge in [0.25, 0.3) is 5.91 Å². The number of hydrogen-bond acceptors (Lipinski definition) is 4. The molecule has 0 aliphatic heterocycles. The van der Waals surface area contributed by atoms with Crippen LogP contribution in [0.1, 0.15) is 20.7 Å². The highest BCUT2D eigenvalue weighted by Crippen LogP contribution is 2.25. The van der Waals surface area contributed by atoms with Crippen molar-refractivity contribution in [3.8, 4) is 0 Å². The number of nitrogens with one attached hydrogen (secondary N) is 1. The van der Waals surface area contributed by atoms with Gasteiger partial charge in [0.05, 0.1) is 23.3 Å².